The van der Waals surface area contributed by atoms with Crippen LogP contribution in [-0.4, -0.2) is 11.4 Å². The molecule has 0 aliphatic carbocycles. The SMILES string of the molecule is CC[C@H](F)N1Cc2c(csc2N)O1. The zero-order chi connectivity index (χ0) is 9.42. The number of nitrogens with two attached hydrogens (primary N) is 1. The van der Waals surface area contributed by atoms with Crippen LogP contribution in [0.3, 0.4) is 0 Å². The summed E-state index contributed by atoms with van der Waals surface area (Å²) in [5.74, 6) is 0.707. The Bertz CT molecular complexity index is 315. The average molecular weight is 202 g/mol. The fraction of sp³-hybridized carbons (Fsp3) is 0.500. The Morgan fingerprint density at radius 3 is 3.23 bits per heavy atom. The Morgan fingerprint density at radius 2 is 2.62 bits per heavy atom. The fourth-order valence-electron chi connectivity index (χ4n) is 1.29. The summed E-state index contributed by atoms with van der Waals surface area (Å²) in [5.41, 5.74) is 6.60. The molecule has 1 aromatic rings. The molecule has 1 aromatic heterocycles. The van der Waals surface area contributed by atoms with E-state index in [4.69, 9.17) is 10.6 Å². The van der Waals surface area contributed by atoms with Crippen molar-refractivity contribution >= 4 is 16.3 Å². The summed E-state index contributed by atoms with van der Waals surface area (Å²) in [4.78, 5) is 5.27. The van der Waals surface area contributed by atoms with Gasteiger partial charge in [-0.1, -0.05) is 6.92 Å². The van der Waals surface area contributed by atoms with E-state index >= 15 is 0 Å². The van der Waals surface area contributed by atoms with Gasteiger partial charge >= 0.3 is 0 Å². The minimum absolute atomic E-state index is 0.424. The van der Waals surface area contributed by atoms with Crippen molar-refractivity contribution in [2.24, 2.45) is 0 Å². The summed E-state index contributed by atoms with van der Waals surface area (Å²) in [6.07, 6.45) is -0.620. The highest BCUT2D eigenvalue weighted by Crippen LogP contribution is 2.38. The monoisotopic (exact) mass is 202 g/mol. The lowest BCUT2D eigenvalue weighted by Crippen LogP contribution is -2.29. The second kappa shape index (κ2) is 3.16. The van der Waals surface area contributed by atoms with Crippen LogP contribution in [0, 0.1) is 0 Å². The number of rotatable bonds is 2. The maximum Gasteiger partial charge on any atom is 0.185 e. The van der Waals surface area contributed by atoms with Crippen molar-refractivity contribution in [3.8, 4) is 5.75 Å². The third-order valence-corrected chi connectivity index (χ3v) is 2.90. The van der Waals surface area contributed by atoms with Crippen LogP contribution in [0.4, 0.5) is 9.39 Å². The van der Waals surface area contributed by atoms with Gasteiger partial charge in [0.25, 0.3) is 0 Å². The number of fused-ring (bicyclic) bond motifs is 1. The van der Waals surface area contributed by atoms with Gasteiger partial charge in [0.2, 0.25) is 0 Å². The van der Waals surface area contributed by atoms with Gasteiger partial charge in [0.05, 0.1) is 11.5 Å². The van der Waals surface area contributed by atoms with Gasteiger partial charge in [-0.3, -0.25) is 0 Å². The quantitative estimate of drug-likeness (QED) is 0.747. The van der Waals surface area contributed by atoms with Crippen LogP contribution in [0.5, 0.6) is 5.75 Å². The summed E-state index contributed by atoms with van der Waals surface area (Å²) in [5, 5.41) is 3.86. The van der Waals surface area contributed by atoms with E-state index in [2.05, 4.69) is 0 Å². The van der Waals surface area contributed by atoms with Gasteiger partial charge in [-0.05, 0) is 6.42 Å². The zero-order valence-corrected chi connectivity index (χ0v) is 8.10. The molecule has 3 nitrogen and oxygen atoms in total. The summed E-state index contributed by atoms with van der Waals surface area (Å²) in [7, 11) is 0. The van der Waals surface area contributed by atoms with Crippen molar-refractivity contribution in [1.82, 2.24) is 5.06 Å². The lowest BCUT2D eigenvalue weighted by atomic mass is 10.3. The van der Waals surface area contributed by atoms with E-state index in [9.17, 15) is 4.39 Å². The molecule has 0 saturated carbocycles. The highest BCUT2D eigenvalue weighted by molar-refractivity contribution is 7.14. The second-order valence-electron chi connectivity index (χ2n) is 2.95. The fourth-order valence-corrected chi connectivity index (χ4v) is 2.01. The van der Waals surface area contributed by atoms with Gasteiger partial charge in [-0.25, -0.2) is 4.39 Å². The van der Waals surface area contributed by atoms with E-state index in [0.29, 0.717) is 18.7 Å². The molecule has 0 saturated heterocycles. The number of nitrogens with zero attached hydrogens (tertiary/aromatic N) is 1. The van der Waals surface area contributed by atoms with Crippen molar-refractivity contribution in [1.29, 1.82) is 0 Å². The first kappa shape index (κ1) is 8.77. The van der Waals surface area contributed by atoms with Crippen molar-refractivity contribution in [3.05, 3.63) is 10.9 Å². The van der Waals surface area contributed by atoms with Crippen LogP contribution in [0.25, 0.3) is 0 Å². The molecule has 13 heavy (non-hydrogen) atoms. The molecule has 0 aromatic carbocycles. The summed E-state index contributed by atoms with van der Waals surface area (Å²) in [6, 6.07) is 0. The molecule has 1 aliphatic heterocycles. The van der Waals surface area contributed by atoms with Crippen molar-refractivity contribution in [2.75, 3.05) is 5.73 Å². The van der Waals surface area contributed by atoms with Crippen LogP contribution in [0.2, 0.25) is 0 Å². The average Bonchev–Trinajstić information content (AvgIpc) is 2.67. The molecule has 2 N–H and O–H groups in total. The highest BCUT2D eigenvalue weighted by Gasteiger charge is 2.29. The minimum Gasteiger partial charge on any atom is -0.402 e. The first-order valence-electron chi connectivity index (χ1n) is 4.17. The van der Waals surface area contributed by atoms with Crippen molar-refractivity contribution < 1.29 is 9.23 Å². The number of halogens is 1. The van der Waals surface area contributed by atoms with E-state index in [0.717, 1.165) is 10.6 Å². The number of hydroxylamine groups is 2. The molecular formula is C8H11FN2OS. The van der Waals surface area contributed by atoms with Crippen molar-refractivity contribution in [2.45, 2.75) is 26.2 Å². The lowest BCUT2D eigenvalue weighted by Gasteiger charge is -2.17. The number of alkyl halides is 1. The Balaban J connectivity index is 2.14. The standard InChI is InChI=1S/C8H11FN2OS/c1-2-7(9)11-3-5-6(12-11)4-13-8(5)10/h4,7H,2-3,10H2,1H3/t7-/m1/s1. The molecule has 5 heteroatoms. The van der Waals surface area contributed by atoms with E-state index in [1.165, 1.54) is 16.4 Å². The third-order valence-electron chi connectivity index (χ3n) is 2.07. The largest absolute Gasteiger partial charge is 0.402 e. The maximum absolute atomic E-state index is 13.2. The van der Waals surface area contributed by atoms with E-state index in [1.807, 2.05) is 5.38 Å². The maximum atomic E-state index is 13.2. The summed E-state index contributed by atoms with van der Waals surface area (Å²) >= 11 is 1.43. The van der Waals surface area contributed by atoms with Gasteiger partial charge < -0.3 is 10.6 Å². The molecule has 1 aliphatic rings. The molecule has 0 spiro atoms. The molecule has 2 rings (SSSR count). The Kier molecular flexibility index (Phi) is 2.13. The minimum atomic E-state index is -1.04. The molecule has 0 amide bonds. The number of nitrogen functional groups attached to an aromatic ring is 1. The third kappa shape index (κ3) is 1.38. The first-order chi connectivity index (χ1) is 6.22. The Morgan fingerprint density at radius 1 is 1.85 bits per heavy atom. The molecule has 0 unspecified atom stereocenters. The van der Waals surface area contributed by atoms with E-state index in [1.54, 1.807) is 6.92 Å². The second-order valence-corrected chi connectivity index (χ2v) is 3.86. The molecule has 0 fully saturated rings. The molecular weight excluding hydrogens is 191 g/mol. The molecule has 0 radical (unpaired) electrons. The van der Waals surface area contributed by atoms with Crippen LogP contribution in [0.15, 0.2) is 5.38 Å². The predicted octanol–water partition coefficient (Wildman–Crippen LogP) is 2.15. The number of hydrogen-bond acceptors (Lipinski definition) is 4. The van der Waals surface area contributed by atoms with E-state index in [-0.39, 0.29) is 0 Å². The molecule has 72 valence electrons. The van der Waals surface area contributed by atoms with Gasteiger partial charge in [0, 0.05) is 10.9 Å². The van der Waals surface area contributed by atoms with Gasteiger partial charge in [0.15, 0.2) is 12.0 Å². The smallest absolute Gasteiger partial charge is 0.185 e. The first-order valence-corrected chi connectivity index (χ1v) is 5.05. The van der Waals surface area contributed by atoms with Gasteiger partial charge in [-0.2, -0.15) is 0 Å². The van der Waals surface area contributed by atoms with Crippen LogP contribution < -0.4 is 10.6 Å². The summed E-state index contributed by atoms with van der Waals surface area (Å²) in [6.45, 7) is 2.24. The van der Waals surface area contributed by atoms with Crippen molar-refractivity contribution in [3.63, 3.8) is 0 Å². The topological polar surface area (TPSA) is 38.5 Å². The number of hydrogen-bond donors (Lipinski definition) is 1. The molecule has 1 atom stereocenters. The highest BCUT2D eigenvalue weighted by atomic mass is 32.1. The predicted molar refractivity (Wildman–Crippen MR) is 50.1 cm³/mol. The Labute approximate surface area is 79.9 Å². The molecule has 2 heterocycles. The zero-order valence-electron chi connectivity index (χ0n) is 7.29. The van der Waals surface area contributed by atoms with Crippen LogP contribution >= 0.6 is 11.3 Å². The van der Waals surface area contributed by atoms with Gasteiger partial charge in [-0.15, -0.1) is 16.4 Å². The molecule has 0 bridgehead atoms. The van der Waals surface area contributed by atoms with Crippen LogP contribution in [0.1, 0.15) is 18.9 Å². The Hall–Kier alpha value is -0.810. The summed E-state index contributed by atoms with van der Waals surface area (Å²) < 4.78 is 13.2. The van der Waals surface area contributed by atoms with Gasteiger partial charge in [0.1, 0.15) is 0 Å². The van der Waals surface area contributed by atoms with Crippen LogP contribution in [-0.2, 0) is 6.54 Å². The lowest BCUT2D eigenvalue weighted by molar-refractivity contribution is -0.129. The van der Waals surface area contributed by atoms with E-state index < -0.39 is 6.30 Å². The number of thiophene rings is 1. The normalized spacial score (nSPS) is 18.3. The number of anilines is 1.